The summed E-state index contributed by atoms with van der Waals surface area (Å²) in [6, 6.07) is 29.9. The molecule has 0 aliphatic heterocycles. The van der Waals surface area contributed by atoms with Gasteiger partial charge in [0.15, 0.2) is 0 Å². The number of aromatic nitrogens is 1. The lowest BCUT2D eigenvalue weighted by molar-refractivity contribution is 0.0528. The van der Waals surface area contributed by atoms with E-state index in [-0.39, 0.29) is 5.97 Å². The fourth-order valence-electron chi connectivity index (χ4n) is 3.37. The summed E-state index contributed by atoms with van der Waals surface area (Å²) >= 11 is 2.27. The van der Waals surface area contributed by atoms with Gasteiger partial charge in [0.05, 0.1) is 23.6 Å². The van der Waals surface area contributed by atoms with Crippen LogP contribution >= 0.6 is 22.6 Å². The molecule has 4 aromatic rings. The van der Waals surface area contributed by atoms with E-state index in [1.807, 2.05) is 97.9 Å². The molecule has 0 saturated carbocycles. The maximum Gasteiger partial charge on any atom is 0.340 e. The molecule has 1 heterocycles. The maximum absolute atomic E-state index is 13.1. The van der Waals surface area contributed by atoms with Gasteiger partial charge in [0, 0.05) is 20.3 Å². The number of pyridine rings is 1. The van der Waals surface area contributed by atoms with Gasteiger partial charge in [0.1, 0.15) is 0 Å². The predicted octanol–water partition coefficient (Wildman–Crippen LogP) is 6.86. The highest BCUT2D eigenvalue weighted by Gasteiger charge is 2.23. The molecule has 0 N–H and O–H groups in total. The number of ether oxygens (including phenoxy) is 1. The fraction of sp³-hybridized carbons (Fsp3) is 0.0769. The Morgan fingerprint density at radius 1 is 0.833 bits per heavy atom. The average molecular weight is 505 g/mol. The van der Waals surface area contributed by atoms with Crippen LogP contribution in [0.1, 0.15) is 17.3 Å². The van der Waals surface area contributed by atoms with Gasteiger partial charge in [-0.2, -0.15) is 0 Å². The van der Waals surface area contributed by atoms with E-state index in [4.69, 9.17) is 9.72 Å². The molecular weight excluding hydrogens is 485 g/mol. The molecule has 0 atom stereocenters. The molecule has 0 aliphatic carbocycles. The van der Waals surface area contributed by atoms with Crippen LogP contribution in [0, 0.1) is 3.57 Å². The van der Waals surface area contributed by atoms with E-state index < -0.39 is 0 Å². The van der Waals surface area contributed by atoms with Gasteiger partial charge in [-0.15, -0.1) is 0 Å². The summed E-state index contributed by atoms with van der Waals surface area (Å²) in [6.07, 6.45) is 0. The molecule has 148 valence electrons. The normalized spacial score (nSPS) is 10.6. The first-order valence-electron chi connectivity index (χ1n) is 9.76. The minimum Gasteiger partial charge on any atom is -0.462 e. The third-order valence-electron chi connectivity index (χ3n) is 4.77. The van der Waals surface area contributed by atoms with Crippen molar-refractivity contribution in [3.63, 3.8) is 0 Å². The van der Waals surface area contributed by atoms with Crippen LogP contribution in [-0.2, 0) is 4.74 Å². The highest BCUT2D eigenvalue weighted by atomic mass is 127. The van der Waals surface area contributed by atoms with Crippen molar-refractivity contribution in [2.75, 3.05) is 6.61 Å². The van der Waals surface area contributed by atoms with Gasteiger partial charge in [0.2, 0.25) is 0 Å². The van der Waals surface area contributed by atoms with Crippen molar-refractivity contribution in [3.05, 3.63) is 100 Å². The molecule has 1 aromatic heterocycles. The molecule has 0 radical (unpaired) electrons. The highest BCUT2D eigenvalue weighted by Crippen LogP contribution is 2.35. The number of carbonyl (C=O) groups excluding carboxylic acids is 1. The van der Waals surface area contributed by atoms with E-state index in [0.29, 0.717) is 17.9 Å². The fourth-order valence-corrected chi connectivity index (χ4v) is 3.73. The number of carbonyl (C=O) groups is 1. The molecule has 0 spiro atoms. The van der Waals surface area contributed by atoms with E-state index in [2.05, 4.69) is 22.6 Å². The van der Waals surface area contributed by atoms with Gasteiger partial charge in [-0.05, 0) is 53.3 Å². The second kappa shape index (κ2) is 9.22. The molecule has 30 heavy (non-hydrogen) atoms. The van der Waals surface area contributed by atoms with Gasteiger partial charge in [0.25, 0.3) is 0 Å². The van der Waals surface area contributed by atoms with Crippen LogP contribution < -0.4 is 0 Å². The summed E-state index contributed by atoms with van der Waals surface area (Å²) in [7, 11) is 0. The summed E-state index contributed by atoms with van der Waals surface area (Å²) in [5.41, 5.74) is 5.58. The van der Waals surface area contributed by atoms with E-state index in [0.717, 1.165) is 31.5 Å². The summed E-state index contributed by atoms with van der Waals surface area (Å²) in [5, 5.41) is 0. The Balaban J connectivity index is 2.04. The zero-order valence-electron chi connectivity index (χ0n) is 16.5. The molecule has 3 nitrogen and oxygen atoms in total. The van der Waals surface area contributed by atoms with Gasteiger partial charge in [-0.25, -0.2) is 9.78 Å². The smallest absolute Gasteiger partial charge is 0.340 e. The van der Waals surface area contributed by atoms with Crippen molar-refractivity contribution in [1.29, 1.82) is 0 Å². The van der Waals surface area contributed by atoms with Crippen LogP contribution in [0.3, 0.4) is 0 Å². The van der Waals surface area contributed by atoms with Crippen molar-refractivity contribution in [1.82, 2.24) is 4.98 Å². The third-order valence-corrected chi connectivity index (χ3v) is 5.49. The van der Waals surface area contributed by atoms with Gasteiger partial charge < -0.3 is 4.74 Å². The van der Waals surface area contributed by atoms with Gasteiger partial charge in [-0.1, -0.05) is 72.8 Å². The SMILES string of the molecule is CCOC(=O)c1c(-c2ccccc2)cc(-c2ccccc2)nc1-c1ccc(I)cc1. The molecule has 3 aromatic carbocycles. The minimum absolute atomic E-state index is 0.305. The monoisotopic (exact) mass is 505 g/mol. The van der Waals surface area contributed by atoms with Crippen molar-refractivity contribution in [2.45, 2.75) is 6.92 Å². The number of hydrogen-bond donors (Lipinski definition) is 0. The minimum atomic E-state index is -0.364. The molecule has 4 heteroatoms. The average Bonchev–Trinajstić information content (AvgIpc) is 2.80. The van der Waals surface area contributed by atoms with E-state index >= 15 is 0 Å². The molecule has 0 bridgehead atoms. The van der Waals surface area contributed by atoms with E-state index in [1.54, 1.807) is 0 Å². The zero-order chi connectivity index (χ0) is 20.9. The maximum atomic E-state index is 13.1. The van der Waals surface area contributed by atoms with Crippen LogP contribution in [0.25, 0.3) is 33.6 Å². The third kappa shape index (κ3) is 4.28. The molecular formula is C26H20INO2. The summed E-state index contributed by atoms with van der Waals surface area (Å²) in [6.45, 7) is 2.12. The Labute approximate surface area is 189 Å². The second-order valence-corrected chi connectivity index (χ2v) is 7.98. The van der Waals surface area contributed by atoms with Crippen molar-refractivity contribution in [3.8, 4) is 33.6 Å². The van der Waals surface area contributed by atoms with Gasteiger partial charge >= 0.3 is 5.97 Å². The Bertz CT molecular complexity index is 1160. The van der Waals surface area contributed by atoms with Crippen LogP contribution in [0.5, 0.6) is 0 Å². The lowest BCUT2D eigenvalue weighted by Gasteiger charge is -2.16. The molecule has 0 amide bonds. The predicted molar refractivity (Wildman–Crippen MR) is 129 cm³/mol. The Kier molecular flexibility index (Phi) is 6.23. The zero-order valence-corrected chi connectivity index (χ0v) is 18.7. The number of rotatable bonds is 5. The number of hydrogen-bond acceptors (Lipinski definition) is 3. The lowest BCUT2D eigenvalue weighted by atomic mass is 9.93. The summed E-state index contributed by atoms with van der Waals surface area (Å²) < 4.78 is 6.56. The Morgan fingerprint density at radius 2 is 1.43 bits per heavy atom. The van der Waals surface area contributed by atoms with Crippen LogP contribution in [0.2, 0.25) is 0 Å². The van der Waals surface area contributed by atoms with Gasteiger partial charge in [-0.3, -0.25) is 0 Å². The van der Waals surface area contributed by atoms with Crippen LogP contribution in [-0.4, -0.2) is 17.6 Å². The topological polar surface area (TPSA) is 39.2 Å². The van der Waals surface area contributed by atoms with E-state index in [1.165, 1.54) is 0 Å². The molecule has 0 unspecified atom stereocenters. The number of esters is 1. The van der Waals surface area contributed by atoms with Crippen molar-refractivity contribution < 1.29 is 9.53 Å². The molecule has 0 aliphatic rings. The first-order valence-corrected chi connectivity index (χ1v) is 10.8. The number of halogens is 1. The molecule has 0 saturated heterocycles. The van der Waals surface area contributed by atoms with Crippen molar-refractivity contribution >= 4 is 28.6 Å². The lowest BCUT2D eigenvalue weighted by Crippen LogP contribution is -2.10. The quantitative estimate of drug-likeness (QED) is 0.220. The second-order valence-electron chi connectivity index (χ2n) is 6.74. The Hall–Kier alpha value is -2.99. The standard InChI is InChI=1S/C26H20INO2/c1-2-30-26(29)24-22(18-9-5-3-6-10-18)17-23(19-11-7-4-8-12-19)28-25(24)20-13-15-21(27)16-14-20/h3-17H,2H2,1H3. The van der Waals surface area contributed by atoms with Crippen LogP contribution in [0.15, 0.2) is 91.0 Å². The highest BCUT2D eigenvalue weighted by molar-refractivity contribution is 14.1. The first-order chi connectivity index (χ1) is 14.7. The van der Waals surface area contributed by atoms with Crippen LogP contribution in [0.4, 0.5) is 0 Å². The van der Waals surface area contributed by atoms with Crippen molar-refractivity contribution in [2.24, 2.45) is 0 Å². The summed E-state index contributed by atoms with van der Waals surface area (Å²) in [5.74, 6) is -0.364. The largest absolute Gasteiger partial charge is 0.462 e. The molecule has 0 fully saturated rings. The molecule has 4 rings (SSSR count). The summed E-state index contributed by atoms with van der Waals surface area (Å²) in [4.78, 5) is 18.0. The van der Waals surface area contributed by atoms with E-state index in [9.17, 15) is 4.79 Å². The Morgan fingerprint density at radius 3 is 2.03 bits per heavy atom. The first kappa shape index (κ1) is 20.3. The number of benzene rings is 3. The number of nitrogens with zero attached hydrogens (tertiary/aromatic N) is 1.